The molecule has 2 fully saturated rings. The van der Waals surface area contributed by atoms with Gasteiger partial charge in [-0.2, -0.15) is 0 Å². The van der Waals surface area contributed by atoms with Crippen molar-refractivity contribution in [3.63, 3.8) is 0 Å². The first-order chi connectivity index (χ1) is 7.88. The summed E-state index contributed by atoms with van der Waals surface area (Å²) in [7, 11) is 0. The molecule has 3 nitrogen and oxygen atoms in total. The zero-order valence-electron chi connectivity index (χ0n) is 11.3. The fourth-order valence-corrected chi connectivity index (χ4v) is 3.45. The highest BCUT2D eigenvalue weighted by molar-refractivity contribution is 5.81. The van der Waals surface area contributed by atoms with E-state index in [2.05, 4.69) is 20.8 Å². The number of amides is 1. The lowest BCUT2D eigenvalue weighted by atomic mass is 9.79. The molecule has 0 aromatic heterocycles. The minimum atomic E-state index is -0.590. The highest BCUT2D eigenvalue weighted by Crippen LogP contribution is 2.44. The lowest BCUT2D eigenvalue weighted by molar-refractivity contribution is -0.163. The van der Waals surface area contributed by atoms with Crippen LogP contribution in [-0.2, 0) is 4.79 Å². The lowest BCUT2D eigenvalue weighted by Crippen LogP contribution is -2.64. The van der Waals surface area contributed by atoms with Gasteiger partial charge in [-0.3, -0.25) is 4.79 Å². The highest BCUT2D eigenvalue weighted by Gasteiger charge is 2.48. The standard InChI is InChI=1S/C14H25NO2/c1-4-7-14(17)9-15(10-14)12(16)11-6-5-8-13(11,2)3/h11,17H,4-10H2,1-3H3. The summed E-state index contributed by atoms with van der Waals surface area (Å²) in [6.45, 7) is 7.56. The molecule has 2 rings (SSSR count). The maximum Gasteiger partial charge on any atom is 0.226 e. The van der Waals surface area contributed by atoms with E-state index in [4.69, 9.17) is 0 Å². The molecule has 0 aromatic carbocycles. The first kappa shape index (κ1) is 12.9. The maximum absolute atomic E-state index is 12.4. The van der Waals surface area contributed by atoms with Gasteiger partial charge < -0.3 is 10.0 Å². The largest absolute Gasteiger partial charge is 0.386 e. The van der Waals surface area contributed by atoms with E-state index in [1.807, 2.05) is 4.90 Å². The molecule has 1 heterocycles. The number of carbonyl (C=O) groups excluding carboxylic acids is 1. The Balaban J connectivity index is 1.91. The second kappa shape index (κ2) is 4.27. The number of hydrogen-bond donors (Lipinski definition) is 1. The van der Waals surface area contributed by atoms with Crippen LogP contribution < -0.4 is 0 Å². The minimum absolute atomic E-state index is 0.148. The van der Waals surface area contributed by atoms with Crippen molar-refractivity contribution < 1.29 is 9.90 Å². The summed E-state index contributed by atoms with van der Waals surface area (Å²) < 4.78 is 0. The molecule has 17 heavy (non-hydrogen) atoms. The van der Waals surface area contributed by atoms with Crippen LogP contribution in [0.3, 0.4) is 0 Å². The molecule has 0 spiro atoms. The van der Waals surface area contributed by atoms with Gasteiger partial charge in [0, 0.05) is 5.92 Å². The van der Waals surface area contributed by atoms with Crippen molar-refractivity contribution in [2.75, 3.05) is 13.1 Å². The van der Waals surface area contributed by atoms with Gasteiger partial charge in [0.2, 0.25) is 5.91 Å². The molecule has 1 amide bonds. The molecule has 1 atom stereocenters. The maximum atomic E-state index is 12.4. The fraction of sp³-hybridized carbons (Fsp3) is 0.929. The summed E-state index contributed by atoms with van der Waals surface area (Å²) in [4.78, 5) is 14.2. The molecule has 1 saturated carbocycles. The fourth-order valence-electron chi connectivity index (χ4n) is 3.45. The molecule has 1 aliphatic carbocycles. The summed E-state index contributed by atoms with van der Waals surface area (Å²) in [6.07, 6.45) is 5.12. The Morgan fingerprint density at radius 1 is 1.41 bits per heavy atom. The summed E-state index contributed by atoms with van der Waals surface area (Å²) in [5.41, 5.74) is -0.442. The smallest absolute Gasteiger partial charge is 0.226 e. The average molecular weight is 239 g/mol. The van der Waals surface area contributed by atoms with Gasteiger partial charge in [0.1, 0.15) is 0 Å². The van der Waals surface area contributed by atoms with E-state index < -0.39 is 5.60 Å². The predicted octanol–water partition coefficient (Wildman–Crippen LogP) is 2.19. The molecule has 1 saturated heterocycles. The Labute approximate surface area is 104 Å². The monoisotopic (exact) mass is 239 g/mol. The number of β-amino-alcohol motifs (C(OH)–C–C–N with tert-alkyl or cyclic N) is 1. The topological polar surface area (TPSA) is 40.5 Å². The number of rotatable bonds is 3. The number of carbonyl (C=O) groups is 1. The van der Waals surface area contributed by atoms with Crippen LogP contribution in [-0.4, -0.2) is 34.6 Å². The van der Waals surface area contributed by atoms with Crippen LogP contribution in [0.5, 0.6) is 0 Å². The van der Waals surface area contributed by atoms with Gasteiger partial charge >= 0.3 is 0 Å². The van der Waals surface area contributed by atoms with Gasteiger partial charge in [0.25, 0.3) is 0 Å². The van der Waals surface area contributed by atoms with E-state index >= 15 is 0 Å². The number of likely N-dealkylation sites (tertiary alicyclic amines) is 1. The van der Waals surface area contributed by atoms with Crippen molar-refractivity contribution in [3.8, 4) is 0 Å². The lowest BCUT2D eigenvalue weighted by Gasteiger charge is -2.48. The van der Waals surface area contributed by atoms with Crippen molar-refractivity contribution in [1.29, 1.82) is 0 Å². The Kier molecular flexibility index (Phi) is 3.23. The first-order valence-corrected chi connectivity index (χ1v) is 6.89. The molecule has 0 bridgehead atoms. The summed E-state index contributed by atoms with van der Waals surface area (Å²) in [5.74, 6) is 0.446. The second-order valence-corrected chi connectivity index (χ2v) is 6.60. The summed E-state index contributed by atoms with van der Waals surface area (Å²) in [5, 5.41) is 10.1. The van der Waals surface area contributed by atoms with Crippen LogP contribution in [0.15, 0.2) is 0 Å². The molecule has 0 aromatic rings. The first-order valence-electron chi connectivity index (χ1n) is 6.89. The van der Waals surface area contributed by atoms with Crippen LogP contribution in [0.1, 0.15) is 52.9 Å². The number of aliphatic hydroxyl groups is 1. The Morgan fingerprint density at radius 3 is 2.53 bits per heavy atom. The molecule has 1 unspecified atom stereocenters. The quantitative estimate of drug-likeness (QED) is 0.820. The Bertz CT molecular complexity index is 305. The average Bonchev–Trinajstić information content (AvgIpc) is 2.53. The molecular formula is C14H25NO2. The van der Waals surface area contributed by atoms with E-state index in [1.165, 1.54) is 0 Å². The molecule has 2 aliphatic rings. The Morgan fingerprint density at radius 2 is 2.06 bits per heavy atom. The van der Waals surface area contributed by atoms with Crippen molar-refractivity contribution in [1.82, 2.24) is 4.90 Å². The molecule has 1 N–H and O–H groups in total. The van der Waals surface area contributed by atoms with Crippen molar-refractivity contribution in [3.05, 3.63) is 0 Å². The van der Waals surface area contributed by atoms with Gasteiger partial charge in [0.15, 0.2) is 0 Å². The van der Waals surface area contributed by atoms with Crippen LogP contribution in [0, 0.1) is 11.3 Å². The van der Waals surface area contributed by atoms with Crippen LogP contribution >= 0.6 is 0 Å². The van der Waals surface area contributed by atoms with E-state index in [-0.39, 0.29) is 17.2 Å². The highest BCUT2D eigenvalue weighted by atomic mass is 16.3. The van der Waals surface area contributed by atoms with Crippen LogP contribution in [0.2, 0.25) is 0 Å². The molecule has 1 aliphatic heterocycles. The third-order valence-corrected chi connectivity index (χ3v) is 4.55. The Hall–Kier alpha value is -0.570. The SMILES string of the molecule is CCCC1(O)CN(C(=O)C2CCCC2(C)C)C1. The third kappa shape index (κ3) is 2.35. The zero-order valence-corrected chi connectivity index (χ0v) is 11.3. The van der Waals surface area contributed by atoms with Gasteiger partial charge in [-0.15, -0.1) is 0 Å². The van der Waals surface area contributed by atoms with Crippen LogP contribution in [0.25, 0.3) is 0 Å². The van der Waals surface area contributed by atoms with Gasteiger partial charge in [-0.05, 0) is 24.7 Å². The predicted molar refractivity (Wildman–Crippen MR) is 67.6 cm³/mol. The van der Waals surface area contributed by atoms with E-state index in [0.717, 1.165) is 32.1 Å². The third-order valence-electron chi connectivity index (χ3n) is 4.55. The number of hydrogen-bond acceptors (Lipinski definition) is 2. The second-order valence-electron chi connectivity index (χ2n) is 6.60. The van der Waals surface area contributed by atoms with Crippen molar-refractivity contribution >= 4 is 5.91 Å². The van der Waals surface area contributed by atoms with Gasteiger partial charge in [-0.1, -0.05) is 33.6 Å². The van der Waals surface area contributed by atoms with Crippen molar-refractivity contribution in [2.45, 2.75) is 58.5 Å². The summed E-state index contributed by atoms with van der Waals surface area (Å²) >= 11 is 0. The summed E-state index contributed by atoms with van der Waals surface area (Å²) in [6, 6.07) is 0. The number of nitrogens with zero attached hydrogens (tertiary/aromatic N) is 1. The van der Waals surface area contributed by atoms with E-state index in [0.29, 0.717) is 13.1 Å². The van der Waals surface area contributed by atoms with Crippen molar-refractivity contribution in [2.24, 2.45) is 11.3 Å². The van der Waals surface area contributed by atoms with Crippen LogP contribution in [0.4, 0.5) is 0 Å². The normalized spacial score (nSPS) is 30.1. The zero-order chi connectivity index (χ0) is 12.7. The molecule has 3 heteroatoms. The minimum Gasteiger partial charge on any atom is -0.386 e. The van der Waals surface area contributed by atoms with E-state index in [9.17, 15) is 9.90 Å². The molecule has 0 radical (unpaired) electrons. The van der Waals surface area contributed by atoms with E-state index in [1.54, 1.807) is 0 Å². The van der Waals surface area contributed by atoms with Gasteiger partial charge in [0.05, 0.1) is 18.7 Å². The molecular weight excluding hydrogens is 214 g/mol. The molecule has 98 valence electrons. The van der Waals surface area contributed by atoms with Gasteiger partial charge in [-0.25, -0.2) is 0 Å².